The molecule has 0 saturated heterocycles. The van der Waals surface area contributed by atoms with Gasteiger partial charge >= 0.3 is 0 Å². The van der Waals surface area contributed by atoms with Gasteiger partial charge in [-0.05, 0) is 105 Å². The number of benzene rings is 11. The number of rotatable bonds is 4. The normalized spacial score (nSPS) is 14.7. The number of aromatic nitrogens is 1. The highest BCUT2D eigenvalue weighted by Crippen LogP contribution is 2.62. The molecule has 13 aromatic rings. The van der Waals surface area contributed by atoms with E-state index in [2.05, 4.69) is 240 Å². The van der Waals surface area contributed by atoms with E-state index in [0.717, 1.165) is 50.9 Å². The lowest BCUT2D eigenvalue weighted by atomic mass is 9.58. The molecular formula is C63H38N2OS. The summed E-state index contributed by atoms with van der Waals surface area (Å²) in [5.74, 6) is 1.74. The van der Waals surface area contributed by atoms with Crippen LogP contribution in [0.3, 0.4) is 0 Å². The number of ether oxygens (including phenoxy) is 1. The number of hydrogen-bond acceptors (Lipinski definition) is 3. The van der Waals surface area contributed by atoms with Gasteiger partial charge in [0.05, 0.1) is 22.1 Å². The van der Waals surface area contributed by atoms with Crippen LogP contribution in [0.2, 0.25) is 0 Å². The van der Waals surface area contributed by atoms with Gasteiger partial charge in [-0.15, -0.1) is 11.3 Å². The topological polar surface area (TPSA) is 17.4 Å². The van der Waals surface area contributed by atoms with E-state index in [4.69, 9.17) is 4.74 Å². The van der Waals surface area contributed by atoms with Crippen LogP contribution in [-0.4, -0.2) is 4.57 Å². The highest BCUT2D eigenvalue weighted by atomic mass is 32.1. The smallest absolute Gasteiger partial charge is 0.132 e. The highest BCUT2D eigenvalue weighted by molar-refractivity contribution is 7.25. The molecule has 1 aliphatic carbocycles. The Hall–Kier alpha value is -8.44. The van der Waals surface area contributed by atoms with Crippen LogP contribution < -0.4 is 9.64 Å². The molecule has 4 heteroatoms. The van der Waals surface area contributed by atoms with Gasteiger partial charge in [0.2, 0.25) is 0 Å². The number of hydrogen-bond donors (Lipinski definition) is 0. The lowest BCUT2D eigenvalue weighted by Crippen LogP contribution is -2.36. The monoisotopic (exact) mass is 870 g/mol. The van der Waals surface area contributed by atoms with Crippen molar-refractivity contribution in [2.24, 2.45) is 0 Å². The van der Waals surface area contributed by atoms with Gasteiger partial charge in [0.15, 0.2) is 0 Å². The Balaban J connectivity index is 1.03. The van der Waals surface area contributed by atoms with E-state index >= 15 is 0 Å². The molecule has 0 amide bonds. The first-order valence-corrected chi connectivity index (χ1v) is 23.8. The molecule has 1 atom stereocenters. The summed E-state index contributed by atoms with van der Waals surface area (Å²) in [6, 6.07) is 85.2. The third-order valence-corrected chi connectivity index (χ3v) is 15.7. The van der Waals surface area contributed by atoms with E-state index < -0.39 is 5.41 Å². The van der Waals surface area contributed by atoms with E-state index in [0.29, 0.717) is 0 Å². The maximum absolute atomic E-state index is 7.01. The van der Waals surface area contributed by atoms with Gasteiger partial charge < -0.3 is 14.2 Å². The predicted octanol–water partition coefficient (Wildman–Crippen LogP) is 17.4. The van der Waals surface area contributed by atoms with E-state index in [9.17, 15) is 0 Å². The number of anilines is 3. The van der Waals surface area contributed by atoms with Crippen LogP contribution in [-0.2, 0) is 5.41 Å². The van der Waals surface area contributed by atoms with Gasteiger partial charge in [0.1, 0.15) is 11.5 Å². The van der Waals surface area contributed by atoms with Crippen LogP contribution in [0.15, 0.2) is 231 Å². The molecular weight excluding hydrogens is 833 g/mol. The quantitative estimate of drug-likeness (QED) is 0.175. The van der Waals surface area contributed by atoms with E-state index in [1.807, 2.05) is 11.3 Å². The molecule has 2 aromatic heterocycles. The molecule has 67 heavy (non-hydrogen) atoms. The van der Waals surface area contributed by atoms with Gasteiger partial charge in [-0.25, -0.2) is 0 Å². The first-order chi connectivity index (χ1) is 33.2. The Morgan fingerprint density at radius 3 is 1.90 bits per heavy atom. The molecule has 312 valence electrons. The van der Waals surface area contributed by atoms with E-state index in [1.54, 1.807) is 0 Å². The van der Waals surface area contributed by atoms with Gasteiger partial charge in [0, 0.05) is 64.5 Å². The van der Waals surface area contributed by atoms with Crippen LogP contribution in [0.1, 0.15) is 22.3 Å². The summed E-state index contributed by atoms with van der Waals surface area (Å²) < 4.78 is 12.0. The van der Waals surface area contributed by atoms with Crippen LogP contribution in [0.4, 0.5) is 17.1 Å². The Kier molecular flexibility index (Phi) is 7.58. The van der Waals surface area contributed by atoms with Crippen molar-refractivity contribution >= 4 is 91.9 Å². The van der Waals surface area contributed by atoms with Crippen molar-refractivity contribution in [2.75, 3.05) is 4.90 Å². The van der Waals surface area contributed by atoms with Crippen molar-refractivity contribution in [2.45, 2.75) is 5.41 Å². The molecule has 0 fully saturated rings. The molecule has 1 aliphatic heterocycles. The Labute approximate surface area is 390 Å². The number of thiophene rings is 1. The van der Waals surface area contributed by atoms with Crippen LogP contribution in [0, 0.1) is 0 Å². The van der Waals surface area contributed by atoms with Crippen molar-refractivity contribution in [3.05, 3.63) is 253 Å². The number of nitrogens with zero attached hydrogens (tertiary/aromatic N) is 2. The third kappa shape index (κ3) is 5.05. The fraction of sp³-hybridized carbons (Fsp3) is 0.0159. The summed E-state index contributed by atoms with van der Waals surface area (Å²) in [6.45, 7) is 0. The lowest BCUT2D eigenvalue weighted by Gasteiger charge is -2.45. The molecule has 0 radical (unpaired) electrons. The van der Waals surface area contributed by atoms with Crippen molar-refractivity contribution in [3.8, 4) is 28.3 Å². The second-order valence-electron chi connectivity index (χ2n) is 17.9. The van der Waals surface area contributed by atoms with Crippen molar-refractivity contribution in [1.29, 1.82) is 0 Å². The van der Waals surface area contributed by atoms with E-state index in [-0.39, 0.29) is 0 Å². The summed E-state index contributed by atoms with van der Waals surface area (Å²) in [4.78, 5) is 2.46. The lowest BCUT2D eigenvalue weighted by molar-refractivity contribution is 0.435. The van der Waals surface area contributed by atoms with E-state index in [1.165, 1.54) is 80.3 Å². The zero-order valence-electron chi connectivity index (χ0n) is 36.2. The Bertz CT molecular complexity index is 4220. The first-order valence-electron chi connectivity index (χ1n) is 23.0. The summed E-state index contributed by atoms with van der Waals surface area (Å²) in [5, 5.41) is 9.97. The standard InChI is InChI=1S/C63H38N2OS/c1-2-18-44-39(14-1)15-13-27-55(44)65-56-26-8-4-20-46(56)47-33-30-42(37-57(47)65)64(43-31-34-49-48-21-5-10-29-60(48)67-61(49)38-43)41-32-35-59-54(36-41)63(52-24-7-9-28-58(52)66-59)51-23-6-3-19-45(51)50-22-11-16-40-17-12-25-53(63)62(40)50/h1-38H. The number of para-hydroxylation sites is 2. The third-order valence-electron chi connectivity index (χ3n) is 14.6. The fourth-order valence-electron chi connectivity index (χ4n) is 11.9. The second-order valence-corrected chi connectivity index (χ2v) is 19.0. The fourth-order valence-corrected chi connectivity index (χ4v) is 13.0. The molecule has 1 unspecified atom stereocenters. The molecule has 3 nitrogen and oxygen atoms in total. The van der Waals surface area contributed by atoms with Crippen molar-refractivity contribution in [3.63, 3.8) is 0 Å². The van der Waals surface area contributed by atoms with Crippen LogP contribution in [0.25, 0.3) is 80.3 Å². The van der Waals surface area contributed by atoms with Crippen LogP contribution >= 0.6 is 11.3 Å². The van der Waals surface area contributed by atoms with Gasteiger partial charge in [-0.2, -0.15) is 0 Å². The molecule has 0 bridgehead atoms. The molecule has 0 saturated carbocycles. The summed E-state index contributed by atoms with van der Waals surface area (Å²) in [6.07, 6.45) is 0. The average molecular weight is 871 g/mol. The highest BCUT2D eigenvalue weighted by Gasteiger charge is 2.49. The summed E-state index contributed by atoms with van der Waals surface area (Å²) in [5.41, 5.74) is 13.4. The Morgan fingerprint density at radius 1 is 0.373 bits per heavy atom. The molecule has 3 heterocycles. The zero-order chi connectivity index (χ0) is 43.8. The zero-order valence-corrected chi connectivity index (χ0v) is 37.0. The minimum atomic E-state index is -0.670. The second kappa shape index (κ2) is 13.8. The molecule has 1 spiro atoms. The molecule has 2 aliphatic rings. The minimum Gasteiger partial charge on any atom is -0.457 e. The summed E-state index contributed by atoms with van der Waals surface area (Å²) in [7, 11) is 0. The largest absolute Gasteiger partial charge is 0.457 e. The minimum absolute atomic E-state index is 0.670. The summed E-state index contributed by atoms with van der Waals surface area (Å²) >= 11 is 1.85. The van der Waals surface area contributed by atoms with Crippen LogP contribution in [0.5, 0.6) is 11.5 Å². The van der Waals surface area contributed by atoms with Crippen molar-refractivity contribution < 1.29 is 4.74 Å². The average Bonchev–Trinajstić information content (AvgIpc) is 3.92. The van der Waals surface area contributed by atoms with Gasteiger partial charge in [-0.1, -0.05) is 164 Å². The maximum Gasteiger partial charge on any atom is 0.132 e. The van der Waals surface area contributed by atoms with Gasteiger partial charge in [0.25, 0.3) is 0 Å². The van der Waals surface area contributed by atoms with Gasteiger partial charge in [-0.3, -0.25) is 0 Å². The molecule has 11 aromatic carbocycles. The SMILES string of the molecule is c1ccc2c(c1)Oc1ccc(N(c3ccc4c(c3)sc3ccccc34)c3ccc4c5ccccc5n(-c5cccc6ccccc56)c4c3)cc1C21c2ccccc2-c2cccc3cccc1c23. The predicted molar refractivity (Wildman–Crippen MR) is 281 cm³/mol. The number of fused-ring (bicyclic) bond motifs is 15. The molecule has 15 rings (SSSR count). The first kappa shape index (κ1) is 36.9. The maximum atomic E-state index is 7.01. The van der Waals surface area contributed by atoms with Crippen molar-refractivity contribution in [1.82, 2.24) is 4.57 Å². The molecule has 0 N–H and O–H groups in total. The Morgan fingerprint density at radius 2 is 0.970 bits per heavy atom.